The van der Waals surface area contributed by atoms with Crippen LogP contribution in [0.4, 0.5) is 5.13 Å². The van der Waals surface area contributed by atoms with E-state index >= 15 is 0 Å². The predicted molar refractivity (Wildman–Crippen MR) is 99.9 cm³/mol. The topological polar surface area (TPSA) is 94.1 Å². The van der Waals surface area contributed by atoms with E-state index in [1.54, 1.807) is 18.2 Å². The predicted octanol–water partition coefficient (Wildman–Crippen LogP) is 4.78. The van der Waals surface area contributed by atoms with Crippen molar-refractivity contribution in [2.24, 2.45) is 0 Å². The van der Waals surface area contributed by atoms with Crippen molar-refractivity contribution in [1.82, 2.24) is 14.5 Å². The second kappa shape index (κ2) is 6.85. The Morgan fingerprint density at radius 2 is 1.96 bits per heavy atom. The molecule has 0 atom stereocenters. The van der Waals surface area contributed by atoms with Gasteiger partial charge in [0.05, 0.1) is 0 Å². The van der Waals surface area contributed by atoms with Crippen LogP contribution in [0.1, 0.15) is 16.1 Å². The highest BCUT2D eigenvalue weighted by Gasteiger charge is 2.17. The van der Waals surface area contributed by atoms with E-state index in [4.69, 9.17) is 8.94 Å². The van der Waals surface area contributed by atoms with Crippen LogP contribution in [0.3, 0.4) is 0 Å². The molecule has 1 aromatic carbocycles. The number of nitrogens with one attached hydrogen (secondary N) is 1. The summed E-state index contributed by atoms with van der Waals surface area (Å²) in [6.07, 6.45) is 0. The zero-order valence-electron chi connectivity index (χ0n) is 13.4. The molecule has 3 heterocycles. The minimum Gasteiger partial charge on any atom is -0.446 e. The zero-order chi connectivity index (χ0) is 18.1. The molecule has 9 heteroatoms. The fourth-order valence-electron chi connectivity index (χ4n) is 2.21. The number of carbonyl (C=O) groups excluding carboxylic acids is 1. The third-order valence-electron chi connectivity index (χ3n) is 3.52. The number of halogens is 1. The SMILES string of the molecule is Cc1ccc(-c2cc(C(=O)Nc3nc(-c4ccc(Br)o4)ns3)no2)cc1. The van der Waals surface area contributed by atoms with Crippen LogP contribution in [-0.4, -0.2) is 20.4 Å². The molecule has 0 saturated carbocycles. The maximum atomic E-state index is 12.3. The van der Waals surface area contributed by atoms with Gasteiger partial charge in [0.2, 0.25) is 11.0 Å². The lowest BCUT2D eigenvalue weighted by Gasteiger charge is -1.96. The highest BCUT2D eigenvalue weighted by Crippen LogP contribution is 2.26. The number of furan rings is 1. The van der Waals surface area contributed by atoms with Gasteiger partial charge in [-0.3, -0.25) is 10.1 Å². The lowest BCUT2D eigenvalue weighted by Crippen LogP contribution is -2.11. The Kier molecular flexibility index (Phi) is 4.39. The van der Waals surface area contributed by atoms with Crippen LogP contribution in [0.25, 0.3) is 22.9 Å². The highest BCUT2D eigenvalue weighted by molar-refractivity contribution is 9.10. The van der Waals surface area contributed by atoms with Gasteiger partial charge < -0.3 is 8.94 Å². The molecule has 0 saturated heterocycles. The number of nitrogens with zero attached hydrogens (tertiary/aromatic N) is 3. The molecule has 0 unspecified atom stereocenters. The van der Waals surface area contributed by atoms with Crippen molar-refractivity contribution < 1.29 is 13.7 Å². The molecule has 4 rings (SSSR count). The minimum absolute atomic E-state index is 0.165. The minimum atomic E-state index is -0.421. The van der Waals surface area contributed by atoms with E-state index in [-0.39, 0.29) is 5.69 Å². The number of amides is 1. The quantitative estimate of drug-likeness (QED) is 0.500. The summed E-state index contributed by atoms with van der Waals surface area (Å²) >= 11 is 4.28. The average Bonchev–Trinajstić information content (AvgIpc) is 3.35. The molecular weight excluding hydrogens is 420 g/mol. The molecule has 130 valence electrons. The number of aryl methyl sites for hydroxylation is 1. The highest BCUT2D eigenvalue weighted by atomic mass is 79.9. The van der Waals surface area contributed by atoms with E-state index in [1.165, 1.54) is 0 Å². The molecule has 0 aliphatic carbocycles. The normalized spacial score (nSPS) is 10.8. The second-order valence-electron chi connectivity index (χ2n) is 5.42. The van der Waals surface area contributed by atoms with Crippen LogP contribution in [0.5, 0.6) is 0 Å². The first-order valence-electron chi connectivity index (χ1n) is 7.53. The molecule has 3 aromatic heterocycles. The van der Waals surface area contributed by atoms with Crippen LogP contribution >= 0.6 is 27.5 Å². The van der Waals surface area contributed by atoms with Gasteiger partial charge in [0.15, 0.2) is 21.9 Å². The maximum Gasteiger partial charge on any atom is 0.279 e. The average molecular weight is 431 g/mol. The number of hydrogen-bond acceptors (Lipinski definition) is 7. The lowest BCUT2D eigenvalue weighted by molar-refractivity contribution is 0.101. The standard InChI is InChI=1S/C17H11BrN4O3S/c1-9-2-4-10(5-3-9)13-8-11(21-25-13)16(23)20-17-19-15(22-26-17)12-6-7-14(18)24-12/h2-8H,1H3,(H,19,20,22,23). The van der Waals surface area contributed by atoms with E-state index in [0.717, 1.165) is 22.7 Å². The molecule has 4 aromatic rings. The fraction of sp³-hybridized carbons (Fsp3) is 0.0588. The van der Waals surface area contributed by atoms with Crippen molar-refractivity contribution in [3.8, 4) is 22.9 Å². The van der Waals surface area contributed by atoms with Gasteiger partial charge in [-0.2, -0.15) is 9.36 Å². The van der Waals surface area contributed by atoms with Gasteiger partial charge in [-0.15, -0.1) is 0 Å². The molecule has 0 aliphatic rings. The van der Waals surface area contributed by atoms with E-state index in [0.29, 0.717) is 27.1 Å². The van der Waals surface area contributed by atoms with Gasteiger partial charge in [0, 0.05) is 23.2 Å². The molecule has 26 heavy (non-hydrogen) atoms. The number of anilines is 1. The molecule has 0 spiro atoms. The van der Waals surface area contributed by atoms with Crippen LogP contribution in [0.15, 0.2) is 56.1 Å². The largest absolute Gasteiger partial charge is 0.446 e. The first kappa shape index (κ1) is 16.7. The number of hydrogen-bond donors (Lipinski definition) is 1. The summed E-state index contributed by atoms with van der Waals surface area (Å²) in [6, 6.07) is 12.8. The monoisotopic (exact) mass is 430 g/mol. The summed E-state index contributed by atoms with van der Waals surface area (Å²) in [5.41, 5.74) is 2.16. The summed E-state index contributed by atoms with van der Waals surface area (Å²) in [4.78, 5) is 16.6. The van der Waals surface area contributed by atoms with Crippen molar-refractivity contribution in [1.29, 1.82) is 0 Å². The molecule has 0 radical (unpaired) electrons. The Hall–Kier alpha value is -2.78. The number of carbonyl (C=O) groups is 1. The number of benzene rings is 1. The van der Waals surface area contributed by atoms with Crippen LogP contribution in [0, 0.1) is 6.92 Å². The molecule has 0 aliphatic heterocycles. The molecular formula is C17H11BrN4O3S. The van der Waals surface area contributed by atoms with Crippen LogP contribution in [0.2, 0.25) is 0 Å². The van der Waals surface area contributed by atoms with E-state index in [1.807, 2.05) is 31.2 Å². The number of rotatable bonds is 4. The van der Waals surface area contributed by atoms with Crippen molar-refractivity contribution in [2.75, 3.05) is 5.32 Å². The van der Waals surface area contributed by atoms with E-state index in [9.17, 15) is 4.79 Å². The Morgan fingerprint density at radius 1 is 1.15 bits per heavy atom. The summed E-state index contributed by atoms with van der Waals surface area (Å²) in [6.45, 7) is 2.00. The molecule has 1 N–H and O–H groups in total. The lowest BCUT2D eigenvalue weighted by atomic mass is 10.1. The van der Waals surface area contributed by atoms with Gasteiger partial charge in [-0.25, -0.2) is 0 Å². The zero-order valence-corrected chi connectivity index (χ0v) is 15.8. The third kappa shape index (κ3) is 3.44. The maximum absolute atomic E-state index is 12.3. The Labute approximate surface area is 160 Å². The molecule has 7 nitrogen and oxygen atoms in total. The molecule has 0 fully saturated rings. The Morgan fingerprint density at radius 3 is 2.69 bits per heavy atom. The fourth-order valence-corrected chi connectivity index (χ4v) is 3.08. The van der Waals surface area contributed by atoms with Gasteiger partial charge in [0.25, 0.3) is 5.91 Å². The summed E-state index contributed by atoms with van der Waals surface area (Å²) in [5, 5.41) is 6.83. The van der Waals surface area contributed by atoms with Gasteiger partial charge in [-0.05, 0) is 35.0 Å². The van der Waals surface area contributed by atoms with Crippen molar-refractivity contribution in [3.63, 3.8) is 0 Å². The van der Waals surface area contributed by atoms with Crippen molar-refractivity contribution >= 4 is 38.5 Å². The molecule has 0 bridgehead atoms. The first-order valence-corrected chi connectivity index (χ1v) is 9.09. The van der Waals surface area contributed by atoms with Crippen molar-refractivity contribution in [2.45, 2.75) is 6.92 Å². The van der Waals surface area contributed by atoms with E-state index < -0.39 is 5.91 Å². The van der Waals surface area contributed by atoms with Gasteiger partial charge in [0.1, 0.15) is 0 Å². The summed E-state index contributed by atoms with van der Waals surface area (Å²) in [5.74, 6) is 1.01. The molecule has 1 amide bonds. The Balaban J connectivity index is 1.49. The third-order valence-corrected chi connectivity index (χ3v) is 4.58. The first-order chi connectivity index (χ1) is 12.6. The van der Waals surface area contributed by atoms with E-state index in [2.05, 4.69) is 35.8 Å². The smallest absolute Gasteiger partial charge is 0.279 e. The van der Waals surface area contributed by atoms with Gasteiger partial charge >= 0.3 is 0 Å². The number of aromatic nitrogens is 3. The van der Waals surface area contributed by atoms with Crippen molar-refractivity contribution in [3.05, 3.63) is 58.4 Å². The second-order valence-corrected chi connectivity index (χ2v) is 6.96. The summed E-state index contributed by atoms with van der Waals surface area (Å²) < 4.78 is 15.4. The van der Waals surface area contributed by atoms with Gasteiger partial charge in [-0.1, -0.05) is 35.0 Å². The Bertz CT molecular complexity index is 1070. The van der Waals surface area contributed by atoms with Crippen LogP contribution in [-0.2, 0) is 0 Å². The van der Waals surface area contributed by atoms with Crippen LogP contribution < -0.4 is 5.32 Å². The summed E-state index contributed by atoms with van der Waals surface area (Å²) in [7, 11) is 0.